The molecule has 0 spiro atoms. The molecule has 0 atom stereocenters. The summed E-state index contributed by atoms with van der Waals surface area (Å²) < 4.78 is 10.5. The van der Waals surface area contributed by atoms with E-state index in [1.807, 2.05) is 18.2 Å². The van der Waals surface area contributed by atoms with Crippen LogP contribution in [-0.2, 0) is 6.54 Å². The summed E-state index contributed by atoms with van der Waals surface area (Å²) in [5.41, 5.74) is 2.24. The largest absolute Gasteiger partial charge is 0.497 e. The summed E-state index contributed by atoms with van der Waals surface area (Å²) in [4.78, 5) is 0. The second-order valence-electron chi connectivity index (χ2n) is 4.34. The van der Waals surface area contributed by atoms with Gasteiger partial charge in [-0.1, -0.05) is 11.6 Å². The lowest BCUT2D eigenvalue weighted by Gasteiger charge is -2.13. The van der Waals surface area contributed by atoms with E-state index in [-0.39, 0.29) is 0 Å². The number of nitrogens with one attached hydrogen (secondary N) is 1. The molecule has 0 bridgehead atoms. The van der Waals surface area contributed by atoms with Gasteiger partial charge < -0.3 is 14.8 Å². The zero-order valence-electron chi connectivity index (χ0n) is 11.8. The first-order chi connectivity index (χ1) is 10.2. The SMILES string of the molecule is COc1ccc(CNc2cc(C#N)ccc2Cl)c(OC)c1. The van der Waals surface area contributed by atoms with Gasteiger partial charge in [0.2, 0.25) is 0 Å². The van der Waals surface area contributed by atoms with Crippen LogP contribution in [0.15, 0.2) is 36.4 Å². The van der Waals surface area contributed by atoms with Gasteiger partial charge in [-0.3, -0.25) is 0 Å². The Balaban J connectivity index is 2.18. The first kappa shape index (κ1) is 15.0. The number of benzene rings is 2. The third-order valence-corrected chi connectivity index (χ3v) is 3.39. The molecule has 0 saturated carbocycles. The van der Waals surface area contributed by atoms with Crippen molar-refractivity contribution in [3.63, 3.8) is 0 Å². The smallest absolute Gasteiger partial charge is 0.127 e. The van der Waals surface area contributed by atoms with E-state index in [4.69, 9.17) is 26.3 Å². The number of ether oxygens (including phenoxy) is 2. The molecule has 0 aliphatic carbocycles. The summed E-state index contributed by atoms with van der Waals surface area (Å²) in [6.45, 7) is 0.530. The fourth-order valence-corrected chi connectivity index (χ4v) is 2.10. The predicted molar refractivity (Wildman–Crippen MR) is 83.0 cm³/mol. The summed E-state index contributed by atoms with van der Waals surface area (Å²) in [6.07, 6.45) is 0. The highest BCUT2D eigenvalue weighted by Gasteiger charge is 2.07. The van der Waals surface area contributed by atoms with Gasteiger partial charge in [-0.15, -0.1) is 0 Å². The Morgan fingerprint density at radius 2 is 1.95 bits per heavy atom. The maximum atomic E-state index is 8.92. The molecule has 0 unspecified atom stereocenters. The number of methoxy groups -OCH3 is 2. The highest BCUT2D eigenvalue weighted by atomic mass is 35.5. The van der Waals surface area contributed by atoms with E-state index in [0.717, 1.165) is 17.1 Å². The van der Waals surface area contributed by atoms with Gasteiger partial charge in [0.25, 0.3) is 0 Å². The Morgan fingerprint density at radius 3 is 2.62 bits per heavy atom. The lowest BCUT2D eigenvalue weighted by molar-refractivity contribution is 0.391. The van der Waals surface area contributed by atoms with Crippen LogP contribution in [-0.4, -0.2) is 14.2 Å². The minimum absolute atomic E-state index is 0.530. The average Bonchev–Trinajstić information content (AvgIpc) is 2.54. The number of nitriles is 1. The molecule has 108 valence electrons. The van der Waals surface area contributed by atoms with Crippen LogP contribution in [0.2, 0.25) is 5.02 Å². The Kier molecular flexibility index (Phi) is 4.91. The van der Waals surface area contributed by atoms with E-state index >= 15 is 0 Å². The minimum Gasteiger partial charge on any atom is -0.497 e. The topological polar surface area (TPSA) is 54.3 Å². The second kappa shape index (κ2) is 6.87. The molecule has 0 amide bonds. The van der Waals surface area contributed by atoms with Crippen LogP contribution < -0.4 is 14.8 Å². The highest BCUT2D eigenvalue weighted by Crippen LogP contribution is 2.27. The molecule has 2 rings (SSSR count). The summed E-state index contributed by atoms with van der Waals surface area (Å²) >= 11 is 6.12. The van der Waals surface area contributed by atoms with E-state index in [9.17, 15) is 0 Å². The normalized spacial score (nSPS) is 9.81. The van der Waals surface area contributed by atoms with Crippen molar-refractivity contribution in [3.05, 3.63) is 52.5 Å². The highest BCUT2D eigenvalue weighted by molar-refractivity contribution is 6.33. The van der Waals surface area contributed by atoms with Crippen molar-refractivity contribution in [1.29, 1.82) is 5.26 Å². The van der Waals surface area contributed by atoms with Crippen LogP contribution >= 0.6 is 11.6 Å². The van der Waals surface area contributed by atoms with Crippen LogP contribution in [0.5, 0.6) is 11.5 Å². The van der Waals surface area contributed by atoms with Crippen LogP contribution in [0.3, 0.4) is 0 Å². The van der Waals surface area contributed by atoms with E-state index in [2.05, 4.69) is 11.4 Å². The third-order valence-electron chi connectivity index (χ3n) is 3.06. The summed E-state index contributed by atoms with van der Waals surface area (Å²) in [7, 11) is 3.22. The molecule has 2 aromatic rings. The Labute approximate surface area is 128 Å². The van der Waals surface area contributed by atoms with Gasteiger partial charge in [0.05, 0.1) is 36.6 Å². The summed E-state index contributed by atoms with van der Waals surface area (Å²) in [5, 5.41) is 12.7. The average molecular weight is 303 g/mol. The Hall–Kier alpha value is -2.38. The zero-order valence-corrected chi connectivity index (χ0v) is 12.6. The van der Waals surface area contributed by atoms with Gasteiger partial charge in [-0.05, 0) is 30.3 Å². The maximum Gasteiger partial charge on any atom is 0.127 e. The van der Waals surface area contributed by atoms with Crippen molar-refractivity contribution >= 4 is 17.3 Å². The van der Waals surface area contributed by atoms with E-state index in [1.165, 1.54) is 0 Å². The monoisotopic (exact) mass is 302 g/mol. The molecule has 0 aliphatic rings. The van der Waals surface area contributed by atoms with Crippen LogP contribution in [0.1, 0.15) is 11.1 Å². The molecule has 2 aromatic carbocycles. The Bertz CT molecular complexity index is 680. The molecule has 0 aliphatic heterocycles. The van der Waals surface area contributed by atoms with Crippen molar-refractivity contribution in [2.75, 3.05) is 19.5 Å². The van der Waals surface area contributed by atoms with Crippen molar-refractivity contribution in [1.82, 2.24) is 0 Å². The van der Waals surface area contributed by atoms with Crippen LogP contribution in [0, 0.1) is 11.3 Å². The first-order valence-electron chi connectivity index (χ1n) is 6.32. The number of rotatable bonds is 5. The van der Waals surface area contributed by atoms with Gasteiger partial charge in [0, 0.05) is 18.2 Å². The molecular weight excluding hydrogens is 288 g/mol. The van der Waals surface area contributed by atoms with Crippen molar-refractivity contribution in [2.45, 2.75) is 6.54 Å². The molecule has 4 nitrogen and oxygen atoms in total. The van der Waals surface area contributed by atoms with Crippen LogP contribution in [0.25, 0.3) is 0 Å². The lowest BCUT2D eigenvalue weighted by atomic mass is 10.1. The number of hydrogen-bond donors (Lipinski definition) is 1. The quantitative estimate of drug-likeness (QED) is 0.911. The van der Waals surface area contributed by atoms with E-state index in [1.54, 1.807) is 32.4 Å². The van der Waals surface area contributed by atoms with Crippen molar-refractivity contribution < 1.29 is 9.47 Å². The summed E-state index contributed by atoms with van der Waals surface area (Å²) in [5.74, 6) is 1.47. The lowest BCUT2D eigenvalue weighted by Crippen LogP contribution is -2.02. The molecule has 1 N–H and O–H groups in total. The number of nitrogens with zero attached hydrogens (tertiary/aromatic N) is 1. The molecule has 0 saturated heterocycles. The van der Waals surface area contributed by atoms with Gasteiger partial charge >= 0.3 is 0 Å². The van der Waals surface area contributed by atoms with Gasteiger partial charge in [-0.25, -0.2) is 0 Å². The van der Waals surface area contributed by atoms with Gasteiger partial charge in [0.15, 0.2) is 0 Å². The summed E-state index contributed by atoms with van der Waals surface area (Å²) in [6, 6.07) is 12.8. The van der Waals surface area contributed by atoms with Crippen LogP contribution in [0.4, 0.5) is 5.69 Å². The van der Waals surface area contributed by atoms with E-state index in [0.29, 0.717) is 22.8 Å². The molecule has 0 heterocycles. The van der Waals surface area contributed by atoms with Crippen molar-refractivity contribution in [2.24, 2.45) is 0 Å². The standard InChI is InChI=1S/C16H15ClN2O2/c1-20-13-5-4-12(16(8-13)21-2)10-19-15-7-11(9-18)3-6-14(15)17/h3-8,19H,10H2,1-2H3. The van der Waals surface area contributed by atoms with Gasteiger partial charge in [0.1, 0.15) is 11.5 Å². The number of hydrogen-bond acceptors (Lipinski definition) is 4. The molecular formula is C16H15ClN2O2. The molecule has 0 fully saturated rings. The second-order valence-corrected chi connectivity index (χ2v) is 4.74. The third kappa shape index (κ3) is 3.59. The molecule has 5 heteroatoms. The predicted octanol–water partition coefficient (Wildman–Crippen LogP) is 3.84. The molecule has 0 aromatic heterocycles. The fraction of sp³-hybridized carbons (Fsp3) is 0.188. The minimum atomic E-state index is 0.530. The first-order valence-corrected chi connectivity index (χ1v) is 6.70. The van der Waals surface area contributed by atoms with Crippen molar-refractivity contribution in [3.8, 4) is 17.6 Å². The number of anilines is 1. The fourth-order valence-electron chi connectivity index (χ4n) is 1.92. The molecule has 0 radical (unpaired) electrons. The zero-order chi connectivity index (χ0) is 15.2. The van der Waals surface area contributed by atoms with Gasteiger partial charge in [-0.2, -0.15) is 5.26 Å². The Morgan fingerprint density at radius 1 is 1.14 bits per heavy atom. The maximum absolute atomic E-state index is 8.92. The van der Waals surface area contributed by atoms with E-state index < -0.39 is 0 Å². The molecule has 21 heavy (non-hydrogen) atoms. The number of halogens is 1.